The SMILES string of the molecule is Nc1cccc2c1CCCN2C/C=C/c1ccccc1. The zero-order valence-corrected chi connectivity index (χ0v) is 11.6. The number of hydrogen-bond acceptors (Lipinski definition) is 2. The molecule has 2 aromatic carbocycles. The first-order valence-electron chi connectivity index (χ1n) is 7.18. The van der Waals surface area contributed by atoms with E-state index in [1.54, 1.807) is 0 Å². The molecule has 0 amide bonds. The predicted molar refractivity (Wildman–Crippen MR) is 86.9 cm³/mol. The molecule has 0 radical (unpaired) electrons. The number of benzene rings is 2. The van der Waals surface area contributed by atoms with Crippen LogP contribution in [0.4, 0.5) is 11.4 Å². The summed E-state index contributed by atoms with van der Waals surface area (Å²) in [5, 5.41) is 0. The molecule has 20 heavy (non-hydrogen) atoms. The molecular formula is C18H20N2. The molecule has 2 nitrogen and oxygen atoms in total. The van der Waals surface area contributed by atoms with Gasteiger partial charge in [0.15, 0.2) is 0 Å². The van der Waals surface area contributed by atoms with E-state index in [0.29, 0.717) is 0 Å². The minimum atomic E-state index is 0.930. The zero-order valence-electron chi connectivity index (χ0n) is 11.6. The van der Waals surface area contributed by atoms with Crippen LogP contribution in [0, 0.1) is 0 Å². The average Bonchev–Trinajstić information content (AvgIpc) is 2.49. The van der Waals surface area contributed by atoms with E-state index in [1.165, 1.54) is 23.2 Å². The minimum Gasteiger partial charge on any atom is -0.398 e. The first kappa shape index (κ1) is 12.8. The third-order valence-corrected chi connectivity index (χ3v) is 3.82. The summed E-state index contributed by atoms with van der Waals surface area (Å²) >= 11 is 0. The first-order chi connectivity index (χ1) is 9.84. The maximum absolute atomic E-state index is 6.08. The van der Waals surface area contributed by atoms with Gasteiger partial charge in [0.25, 0.3) is 0 Å². The van der Waals surface area contributed by atoms with E-state index in [4.69, 9.17) is 5.73 Å². The van der Waals surface area contributed by atoms with Crippen molar-refractivity contribution in [2.24, 2.45) is 0 Å². The Labute approximate surface area is 120 Å². The van der Waals surface area contributed by atoms with Crippen LogP contribution in [0.25, 0.3) is 6.08 Å². The molecule has 0 fully saturated rings. The second kappa shape index (κ2) is 5.83. The molecule has 0 bridgehead atoms. The molecule has 0 saturated heterocycles. The van der Waals surface area contributed by atoms with E-state index in [-0.39, 0.29) is 0 Å². The largest absolute Gasteiger partial charge is 0.398 e. The fourth-order valence-electron chi connectivity index (χ4n) is 2.80. The summed E-state index contributed by atoms with van der Waals surface area (Å²) in [6.07, 6.45) is 6.69. The lowest BCUT2D eigenvalue weighted by Crippen LogP contribution is -2.29. The Morgan fingerprint density at radius 3 is 2.75 bits per heavy atom. The number of anilines is 2. The molecule has 1 aliphatic heterocycles. The Balaban J connectivity index is 1.74. The van der Waals surface area contributed by atoms with Crippen LogP contribution in [0.5, 0.6) is 0 Å². The minimum absolute atomic E-state index is 0.930. The molecule has 1 aliphatic rings. The number of nitrogen functional groups attached to an aromatic ring is 1. The van der Waals surface area contributed by atoms with Crippen molar-refractivity contribution in [3.05, 3.63) is 65.7 Å². The number of nitrogens with two attached hydrogens (primary N) is 1. The lowest BCUT2D eigenvalue weighted by molar-refractivity contribution is 0.724. The highest BCUT2D eigenvalue weighted by atomic mass is 15.1. The molecule has 0 unspecified atom stereocenters. The fourth-order valence-corrected chi connectivity index (χ4v) is 2.80. The van der Waals surface area contributed by atoms with Gasteiger partial charge < -0.3 is 10.6 Å². The molecule has 2 heteroatoms. The van der Waals surface area contributed by atoms with E-state index < -0.39 is 0 Å². The molecule has 1 heterocycles. The average molecular weight is 264 g/mol. The third kappa shape index (κ3) is 2.69. The van der Waals surface area contributed by atoms with Gasteiger partial charge in [-0.25, -0.2) is 0 Å². The first-order valence-corrected chi connectivity index (χ1v) is 7.18. The second-order valence-electron chi connectivity index (χ2n) is 5.21. The van der Waals surface area contributed by atoms with Gasteiger partial charge in [0.05, 0.1) is 0 Å². The summed E-state index contributed by atoms with van der Waals surface area (Å²) in [4.78, 5) is 2.41. The van der Waals surface area contributed by atoms with E-state index >= 15 is 0 Å². The molecule has 2 aromatic rings. The van der Waals surface area contributed by atoms with Crippen LogP contribution in [0.15, 0.2) is 54.6 Å². The molecule has 0 atom stereocenters. The molecule has 0 saturated carbocycles. The van der Waals surface area contributed by atoms with Crippen LogP contribution in [-0.2, 0) is 6.42 Å². The van der Waals surface area contributed by atoms with Crippen molar-refractivity contribution in [1.29, 1.82) is 0 Å². The highest BCUT2D eigenvalue weighted by Gasteiger charge is 2.17. The maximum Gasteiger partial charge on any atom is 0.0422 e. The Morgan fingerprint density at radius 2 is 1.90 bits per heavy atom. The second-order valence-corrected chi connectivity index (χ2v) is 5.21. The topological polar surface area (TPSA) is 29.3 Å². The van der Waals surface area contributed by atoms with E-state index in [0.717, 1.165) is 25.2 Å². The maximum atomic E-state index is 6.08. The van der Waals surface area contributed by atoms with Crippen LogP contribution in [0.2, 0.25) is 0 Å². The van der Waals surface area contributed by atoms with Gasteiger partial charge in [-0.15, -0.1) is 0 Å². The molecule has 102 valence electrons. The van der Waals surface area contributed by atoms with E-state index in [1.807, 2.05) is 18.2 Å². The molecule has 0 aromatic heterocycles. The van der Waals surface area contributed by atoms with Crippen molar-refractivity contribution >= 4 is 17.5 Å². The number of nitrogens with zero attached hydrogens (tertiary/aromatic N) is 1. The van der Waals surface area contributed by atoms with Crippen LogP contribution in [-0.4, -0.2) is 13.1 Å². The summed E-state index contributed by atoms with van der Waals surface area (Å²) in [6.45, 7) is 2.04. The van der Waals surface area contributed by atoms with Crippen LogP contribution >= 0.6 is 0 Å². The van der Waals surface area contributed by atoms with Crippen molar-refractivity contribution in [3.63, 3.8) is 0 Å². The van der Waals surface area contributed by atoms with Gasteiger partial charge in [0, 0.05) is 24.5 Å². The highest BCUT2D eigenvalue weighted by Crippen LogP contribution is 2.30. The van der Waals surface area contributed by atoms with Gasteiger partial charge in [0.2, 0.25) is 0 Å². The van der Waals surface area contributed by atoms with Gasteiger partial charge in [-0.3, -0.25) is 0 Å². The molecule has 3 rings (SSSR count). The number of rotatable bonds is 3. The monoisotopic (exact) mass is 264 g/mol. The zero-order chi connectivity index (χ0) is 13.8. The lowest BCUT2D eigenvalue weighted by Gasteiger charge is -2.31. The van der Waals surface area contributed by atoms with Gasteiger partial charge in [-0.1, -0.05) is 48.6 Å². The summed E-state index contributed by atoms with van der Waals surface area (Å²) in [5.74, 6) is 0. The highest BCUT2D eigenvalue weighted by molar-refractivity contribution is 5.66. The standard InChI is InChI=1S/C18H20N2/c19-17-11-4-12-18-16(17)10-6-14-20(18)13-5-9-15-7-2-1-3-8-15/h1-5,7-9,11-12H,6,10,13-14,19H2/b9-5+. The third-order valence-electron chi connectivity index (χ3n) is 3.82. The molecule has 0 spiro atoms. The molecular weight excluding hydrogens is 244 g/mol. The van der Waals surface area contributed by atoms with Crippen molar-refractivity contribution in [3.8, 4) is 0 Å². The van der Waals surface area contributed by atoms with E-state index in [9.17, 15) is 0 Å². The Hall–Kier alpha value is -2.22. The molecule has 2 N–H and O–H groups in total. The van der Waals surface area contributed by atoms with Crippen LogP contribution in [0.1, 0.15) is 17.5 Å². The van der Waals surface area contributed by atoms with E-state index in [2.05, 4.69) is 47.4 Å². The summed E-state index contributed by atoms with van der Waals surface area (Å²) in [7, 11) is 0. The normalized spacial score (nSPS) is 14.5. The van der Waals surface area contributed by atoms with Crippen molar-refractivity contribution in [2.75, 3.05) is 23.7 Å². The summed E-state index contributed by atoms with van der Waals surface area (Å²) in [6, 6.07) is 16.7. The molecule has 0 aliphatic carbocycles. The lowest BCUT2D eigenvalue weighted by atomic mass is 10.00. The fraction of sp³-hybridized carbons (Fsp3) is 0.222. The van der Waals surface area contributed by atoms with Crippen molar-refractivity contribution in [1.82, 2.24) is 0 Å². The van der Waals surface area contributed by atoms with Crippen molar-refractivity contribution < 1.29 is 0 Å². The summed E-state index contributed by atoms with van der Waals surface area (Å²) < 4.78 is 0. The Kier molecular flexibility index (Phi) is 3.73. The van der Waals surface area contributed by atoms with Gasteiger partial charge in [-0.2, -0.15) is 0 Å². The quantitative estimate of drug-likeness (QED) is 0.856. The van der Waals surface area contributed by atoms with Crippen molar-refractivity contribution in [2.45, 2.75) is 12.8 Å². The Bertz CT molecular complexity index is 602. The number of fused-ring (bicyclic) bond motifs is 1. The smallest absolute Gasteiger partial charge is 0.0422 e. The summed E-state index contributed by atoms with van der Waals surface area (Å²) in [5.41, 5.74) is 10.9. The van der Waals surface area contributed by atoms with Gasteiger partial charge in [-0.05, 0) is 36.1 Å². The van der Waals surface area contributed by atoms with Crippen LogP contribution < -0.4 is 10.6 Å². The Morgan fingerprint density at radius 1 is 1.05 bits per heavy atom. The van der Waals surface area contributed by atoms with Gasteiger partial charge >= 0.3 is 0 Å². The predicted octanol–water partition coefficient (Wildman–Crippen LogP) is 3.73. The van der Waals surface area contributed by atoms with Crippen LogP contribution in [0.3, 0.4) is 0 Å². The number of hydrogen-bond donors (Lipinski definition) is 1. The van der Waals surface area contributed by atoms with Gasteiger partial charge in [0.1, 0.15) is 0 Å².